The Morgan fingerprint density at radius 1 is 1.00 bits per heavy atom. The van der Waals surface area contributed by atoms with Crippen LogP contribution in [0.5, 0.6) is 0 Å². The van der Waals surface area contributed by atoms with Crippen LogP contribution in [0.2, 0.25) is 0 Å². The predicted molar refractivity (Wildman–Crippen MR) is 110 cm³/mol. The van der Waals surface area contributed by atoms with Crippen LogP contribution < -0.4 is 10.6 Å². The summed E-state index contributed by atoms with van der Waals surface area (Å²) >= 11 is 3.42. The summed E-state index contributed by atoms with van der Waals surface area (Å²) in [5.41, 5.74) is 1.39. The van der Waals surface area contributed by atoms with Crippen molar-refractivity contribution in [3.8, 4) is 0 Å². The van der Waals surface area contributed by atoms with Crippen LogP contribution in [0.15, 0.2) is 57.9 Å². The second kappa shape index (κ2) is 8.86. The van der Waals surface area contributed by atoms with E-state index in [0.29, 0.717) is 18.8 Å². The van der Waals surface area contributed by atoms with Gasteiger partial charge < -0.3 is 10.6 Å². The van der Waals surface area contributed by atoms with Crippen LogP contribution in [0.25, 0.3) is 0 Å². The lowest BCUT2D eigenvalue weighted by molar-refractivity contribution is -0.114. The highest BCUT2D eigenvalue weighted by molar-refractivity contribution is 9.10. The van der Waals surface area contributed by atoms with Gasteiger partial charge in [-0.15, -0.1) is 0 Å². The van der Waals surface area contributed by atoms with Crippen LogP contribution >= 0.6 is 15.9 Å². The molecule has 0 bridgehead atoms. The zero-order chi connectivity index (χ0) is 19.3. The highest BCUT2D eigenvalue weighted by Crippen LogP contribution is 2.23. The van der Waals surface area contributed by atoms with E-state index in [1.807, 2.05) is 24.3 Å². The fraction of sp³-hybridized carbons (Fsp3) is 0.316. The monoisotopic (exact) mass is 451 g/mol. The lowest BCUT2D eigenvalue weighted by Gasteiger charge is -2.25. The van der Waals surface area contributed by atoms with E-state index in [2.05, 4.69) is 26.6 Å². The van der Waals surface area contributed by atoms with Crippen LogP contribution in [-0.4, -0.2) is 38.3 Å². The third-order valence-corrected chi connectivity index (χ3v) is 7.01. The molecule has 3 rings (SSSR count). The molecule has 0 unspecified atom stereocenters. The van der Waals surface area contributed by atoms with E-state index in [1.54, 1.807) is 24.3 Å². The van der Waals surface area contributed by atoms with Gasteiger partial charge in [0.2, 0.25) is 15.9 Å². The molecule has 1 fully saturated rings. The number of hydrogen-bond acceptors (Lipinski definition) is 4. The summed E-state index contributed by atoms with van der Waals surface area (Å²) < 4.78 is 27.7. The maximum Gasteiger partial charge on any atom is 0.243 e. The minimum Gasteiger partial charge on any atom is -0.375 e. The van der Waals surface area contributed by atoms with Gasteiger partial charge in [-0.1, -0.05) is 18.6 Å². The van der Waals surface area contributed by atoms with E-state index < -0.39 is 10.0 Å². The summed E-state index contributed by atoms with van der Waals surface area (Å²) in [6.07, 6.45) is 2.88. The van der Waals surface area contributed by atoms with Gasteiger partial charge in [-0.05, 0) is 65.2 Å². The molecule has 8 heteroatoms. The number of nitrogens with zero attached hydrogens (tertiary/aromatic N) is 1. The van der Waals surface area contributed by atoms with E-state index in [9.17, 15) is 13.2 Å². The first-order valence-corrected chi connectivity index (χ1v) is 11.1. The Kier molecular flexibility index (Phi) is 6.51. The van der Waals surface area contributed by atoms with Crippen LogP contribution in [0, 0.1) is 0 Å². The molecule has 6 nitrogen and oxygen atoms in total. The number of anilines is 2. The van der Waals surface area contributed by atoms with Gasteiger partial charge in [-0.2, -0.15) is 4.31 Å². The van der Waals surface area contributed by atoms with Crippen molar-refractivity contribution in [2.45, 2.75) is 24.2 Å². The lowest BCUT2D eigenvalue weighted by atomic mass is 10.2. The molecule has 0 spiro atoms. The topological polar surface area (TPSA) is 78.5 Å². The van der Waals surface area contributed by atoms with Gasteiger partial charge in [0, 0.05) is 28.9 Å². The predicted octanol–water partition coefficient (Wildman–Crippen LogP) is 3.67. The molecule has 0 saturated carbocycles. The number of sulfonamides is 1. The summed E-state index contributed by atoms with van der Waals surface area (Å²) in [7, 11) is -3.46. The van der Waals surface area contributed by atoms with E-state index in [4.69, 9.17) is 0 Å². The number of rotatable bonds is 6. The summed E-state index contributed by atoms with van der Waals surface area (Å²) in [6.45, 7) is 1.25. The molecule has 1 aliphatic rings. The number of para-hydroxylation sites is 1. The molecule has 0 aromatic heterocycles. The average molecular weight is 452 g/mol. The molecule has 0 atom stereocenters. The van der Waals surface area contributed by atoms with Crippen LogP contribution in [0.1, 0.15) is 19.3 Å². The number of benzene rings is 2. The molecule has 1 amide bonds. The van der Waals surface area contributed by atoms with E-state index >= 15 is 0 Å². The molecule has 1 saturated heterocycles. The molecule has 2 aromatic rings. The molecular formula is C19H22BrN3O3S. The van der Waals surface area contributed by atoms with Crippen molar-refractivity contribution in [2.75, 3.05) is 30.3 Å². The minimum atomic E-state index is -3.46. The largest absolute Gasteiger partial charge is 0.375 e. The first kappa shape index (κ1) is 19.9. The average Bonchev–Trinajstić information content (AvgIpc) is 2.68. The van der Waals surface area contributed by atoms with Crippen molar-refractivity contribution in [1.29, 1.82) is 0 Å². The van der Waals surface area contributed by atoms with Gasteiger partial charge in [-0.3, -0.25) is 4.79 Å². The molecule has 0 radical (unpaired) electrons. The van der Waals surface area contributed by atoms with Crippen molar-refractivity contribution in [3.63, 3.8) is 0 Å². The van der Waals surface area contributed by atoms with E-state index in [1.165, 1.54) is 4.31 Å². The van der Waals surface area contributed by atoms with Crippen molar-refractivity contribution >= 4 is 43.2 Å². The SMILES string of the molecule is O=C(CNc1ccccc1Br)Nc1ccc(S(=O)(=O)N2CCCCC2)cc1. The summed E-state index contributed by atoms with van der Waals surface area (Å²) in [6, 6.07) is 13.9. The summed E-state index contributed by atoms with van der Waals surface area (Å²) in [5.74, 6) is -0.211. The van der Waals surface area contributed by atoms with Crippen molar-refractivity contribution in [1.82, 2.24) is 4.31 Å². The number of piperidine rings is 1. The first-order valence-electron chi connectivity index (χ1n) is 8.85. The number of halogens is 1. The second-order valence-corrected chi connectivity index (χ2v) is 9.16. The third-order valence-electron chi connectivity index (χ3n) is 4.40. The standard InChI is InChI=1S/C19H22BrN3O3S/c20-17-6-2-3-7-18(17)21-14-19(24)22-15-8-10-16(11-9-15)27(25,26)23-12-4-1-5-13-23/h2-3,6-11,21H,1,4-5,12-14H2,(H,22,24). The minimum absolute atomic E-state index is 0.108. The summed E-state index contributed by atoms with van der Waals surface area (Å²) in [4.78, 5) is 12.4. The van der Waals surface area contributed by atoms with E-state index in [-0.39, 0.29) is 17.3 Å². The Balaban J connectivity index is 1.58. The fourth-order valence-corrected chi connectivity index (χ4v) is 4.89. The molecule has 27 heavy (non-hydrogen) atoms. The lowest BCUT2D eigenvalue weighted by Crippen LogP contribution is -2.35. The zero-order valence-corrected chi connectivity index (χ0v) is 17.2. The van der Waals surface area contributed by atoms with Gasteiger partial charge in [0.15, 0.2) is 0 Å². The van der Waals surface area contributed by atoms with Crippen LogP contribution in [0.3, 0.4) is 0 Å². The molecule has 2 N–H and O–H groups in total. The van der Waals surface area contributed by atoms with Crippen molar-refractivity contribution in [2.24, 2.45) is 0 Å². The van der Waals surface area contributed by atoms with Crippen molar-refractivity contribution in [3.05, 3.63) is 53.0 Å². The summed E-state index contributed by atoms with van der Waals surface area (Å²) in [5, 5.41) is 5.81. The highest BCUT2D eigenvalue weighted by atomic mass is 79.9. The van der Waals surface area contributed by atoms with Gasteiger partial charge in [0.05, 0.1) is 11.4 Å². The van der Waals surface area contributed by atoms with Crippen molar-refractivity contribution < 1.29 is 13.2 Å². The van der Waals surface area contributed by atoms with Gasteiger partial charge in [0.25, 0.3) is 0 Å². The molecule has 1 aliphatic heterocycles. The number of nitrogens with one attached hydrogen (secondary N) is 2. The molecular weight excluding hydrogens is 430 g/mol. The Morgan fingerprint density at radius 2 is 1.67 bits per heavy atom. The molecule has 1 heterocycles. The number of hydrogen-bond donors (Lipinski definition) is 2. The molecule has 2 aromatic carbocycles. The quantitative estimate of drug-likeness (QED) is 0.701. The van der Waals surface area contributed by atoms with Crippen LogP contribution in [0.4, 0.5) is 11.4 Å². The van der Waals surface area contributed by atoms with Gasteiger partial charge in [0.1, 0.15) is 0 Å². The van der Waals surface area contributed by atoms with E-state index in [0.717, 1.165) is 29.4 Å². The highest BCUT2D eigenvalue weighted by Gasteiger charge is 2.25. The Morgan fingerprint density at radius 3 is 2.33 bits per heavy atom. The normalized spacial score (nSPS) is 15.3. The first-order chi connectivity index (χ1) is 13.0. The number of carbonyl (C=O) groups is 1. The van der Waals surface area contributed by atoms with Gasteiger partial charge in [-0.25, -0.2) is 8.42 Å². The smallest absolute Gasteiger partial charge is 0.243 e. The Hall–Kier alpha value is -1.90. The maximum atomic E-state index is 12.6. The molecule has 0 aliphatic carbocycles. The Labute approximate surface area is 168 Å². The third kappa shape index (κ3) is 5.09. The molecule has 144 valence electrons. The number of carbonyl (C=O) groups excluding carboxylic acids is 1. The zero-order valence-electron chi connectivity index (χ0n) is 14.8. The Bertz CT molecular complexity index is 895. The van der Waals surface area contributed by atoms with Crippen LogP contribution in [-0.2, 0) is 14.8 Å². The number of amides is 1. The maximum absolute atomic E-state index is 12.6. The van der Waals surface area contributed by atoms with Gasteiger partial charge >= 0.3 is 0 Å². The second-order valence-electron chi connectivity index (χ2n) is 6.37. The fourth-order valence-electron chi connectivity index (χ4n) is 2.95.